The molecule has 1 aliphatic heterocycles. The Kier molecular flexibility index (Phi) is 7.88. The van der Waals surface area contributed by atoms with Crippen molar-refractivity contribution in [1.29, 1.82) is 0 Å². The van der Waals surface area contributed by atoms with Crippen molar-refractivity contribution in [1.82, 2.24) is 15.5 Å². The third kappa shape index (κ3) is 5.61. The van der Waals surface area contributed by atoms with Crippen LogP contribution in [0.15, 0.2) is 30.3 Å². The molecule has 1 heterocycles. The average molecular weight is 414 g/mol. The Morgan fingerprint density at radius 3 is 2.23 bits per heavy atom. The average Bonchev–Trinajstić information content (AvgIpc) is 3.32. The van der Waals surface area contributed by atoms with Gasteiger partial charge in [-0.2, -0.15) is 0 Å². The Bertz CT molecular complexity index is 722. The summed E-state index contributed by atoms with van der Waals surface area (Å²) >= 11 is 0. The molecule has 1 aliphatic carbocycles. The molecule has 0 aromatic heterocycles. The van der Waals surface area contributed by atoms with Crippen LogP contribution in [0.3, 0.4) is 0 Å². The Hall–Kier alpha value is -2.37. The quantitative estimate of drug-likeness (QED) is 0.721. The van der Waals surface area contributed by atoms with Crippen LogP contribution in [-0.4, -0.2) is 47.8 Å². The molecule has 1 saturated carbocycles. The lowest BCUT2D eigenvalue weighted by Crippen LogP contribution is -2.55. The first-order valence-corrected chi connectivity index (χ1v) is 11.4. The summed E-state index contributed by atoms with van der Waals surface area (Å²) in [5.41, 5.74) is 0.549. The number of hydrogen-bond acceptors (Lipinski definition) is 3. The third-order valence-corrected chi connectivity index (χ3v) is 6.63. The van der Waals surface area contributed by atoms with E-state index in [1.54, 1.807) is 12.1 Å². The Morgan fingerprint density at radius 2 is 1.63 bits per heavy atom. The number of carbonyl (C=O) groups excluding carboxylic acids is 3. The molecule has 1 saturated heterocycles. The fourth-order valence-electron chi connectivity index (χ4n) is 4.53. The number of nitrogens with zero attached hydrogens (tertiary/aromatic N) is 1. The Balaban J connectivity index is 1.65. The molecule has 30 heavy (non-hydrogen) atoms. The Labute approximate surface area is 179 Å². The van der Waals surface area contributed by atoms with Gasteiger partial charge in [0.05, 0.1) is 0 Å². The fourth-order valence-corrected chi connectivity index (χ4v) is 4.53. The number of likely N-dealkylation sites (tertiary alicyclic amines) is 1. The second kappa shape index (κ2) is 10.6. The van der Waals surface area contributed by atoms with Crippen molar-refractivity contribution in [2.75, 3.05) is 13.1 Å². The van der Waals surface area contributed by atoms with Gasteiger partial charge in [-0.1, -0.05) is 38.0 Å². The molecule has 2 atom stereocenters. The van der Waals surface area contributed by atoms with Gasteiger partial charge in [-0.05, 0) is 57.1 Å². The van der Waals surface area contributed by atoms with E-state index in [-0.39, 0.29) is 35.6 Å². The monoisotopic (exact) mass is 413 g/mol. The summed E-state index contributed by atoms with van der Waals surface area (Å²) in [4.78, 5) is 40.4. The maximum absolute atomic E-state index is 13.0. The molecule has 1 aromatic carbocycles. The molecule has 0 unspecified atom stereocenters. The number of carbonyl (C=O) groups is 3. The van der Waals surface area contributed by atoms with E-state index in [2.05, 4.69) is 10.6 Å². The first kappa shape index (κ1) is 22.3. The highest BCUT2D eigenvalue weighted by Gasteiger charge is 2.36. The zero-order valence-electron chi connectivity index (χ0n) is 18.2. The van der Waals surface area contributed by atoms with Gasteiger partial charge in [0.15, 0.2) is 0 Å². The summed E-state index contributed by atoms with van der Waals surface area (Å²) in [6.45, 7) is 5.31. The van der Waals surface area contributed by atoms with Gasteiger partial charge in [-0.3, -0.25) is 14.4 Å². The van der Waals surface area contributed by atoms with E-state index in [1.807, 2.05) is 36.9 Å². The molecule has 0 radical (unpaired) electrons. The van der Waals surface area contributed by atoms with Crippen molar-refractivity contribution in [2.24, 2.45) is 11.8 Å². The van der Waals surface area contributed by atoms with Gasteiger partial charge < -0.3 is 15.5 Å². The summed E-state index contributed by atoms with van der Waals surface area (Å²) < 4.78 is 0. The number of rotatable bonds is 7. The number of piperidine rings is 1. The van der Waals surface area contributed by atoms with Crippen LogP contribution in [0.2, 0.25) is 0 Å². The van der Waals surface area contributed by atoms with E-state index < -0.39 is 6.04 Å². The highest BCUT2D eigenvalue weighted by Crippen LogP contribution is 2.29. The minimum atomic E-state index is -0.588. The summed E-state index contributed by atoms with van der Waals surface area (Å²) in [6.07, 6.45) is 6.60. The summed E-state index contributed by atoms with van der Waals surface area (Å²) in [7, 11) is 0. The van der Waals surface area contributed by atoms with E-state index in [0.717, 1.165) is 44.9 Å². The lowest BCUT2D eigenvalue weighted by molar-refractivity contribution is -0.137. The van der Waals surface area contributed by atoms with E-state index in [9.17, 15) is 14.4 Å². The molecule has 164 valence electrons. The van der Waals surface area contributed by atoms with Crippen molar-refractivity contribution in [3.8, 4) is 0 Å². The normalized spacial score (nSPS) is 19.9. The summed E-state index contributed by atoms with van der Waals surface area (Å²) in [6, 6.07) is 8.46. The molecular weight excluding hydrogens is 378 g/mol. The highest BCUT2D eigenvalue weighted by atomic mass is 16.2. The van der Waals surface area contributed by atoms with Crippen LogP contribution in [0.25, 0.3) is 0 Å². The second-order valence-corrected chi connectivity index (χ2v) is 8.78. The molecule has 3 rings (SSSR count). The van der Waals surface area contributed by atoms with Gasteiger partial charge in [0.1, 0.15) is 6.04 Å². The van der Waals surface area contributed by atoms with Gasteiger partial charge in [0, 0.05) is 30.6 Å². The number of amides is 3. The van der Waals surface area contributed by atoms with Crippen LogP contribution in [0.5, 0.6) is 0 Å². The maximum atomic E-state index is 13.0. The first-order valence-electron chi connectivity index (χ1n) is 11.4. The SMILES string of the molecule is CC[C@H](C)NC(=O)[C@H](NC(=O)c1ccccc1)C1CCN(C(=O)C2CCCC2)CC1. The molecule has 3 amide bonds. The van der Waals surface area contributed by atoms with E-state index in [0.29, 0.717) is 18.7 Å². The van der Waals surface area contributed by atoms with E-state index >= 15 is 0 Å². The minimum absolute atomic E-state index is 0.0225. The molecule has 1 aromatic rings. The molecule has 0 bridgehead atoms. The van der Waals surface area contributed by atoms with Crippen LogP contribution in [0.4, 0.5) is 0 Å². The first-order chi connectivity index (χ1) is 14.5. The molecule has 2 fully saturated rings. The molecule has 6 nitrogen and oxygen atoms in total. The smallest absolute Gasteiger partial charge is 0.251 e. The van der Waals surface area contributed by atoms with Gasteiger partial charge in [-0.15, -0.1) is 0 Å². The van der Waals surface area contributed by atoms with Crippen molar-refractivity contribution in [3.63, 3.8) is 0 Å². The topological polar surface area (TPSA) is 78.5 Å². The van der Waals surface area contributed by atoms with Crippen LogP contribution in [0, 0.1) is 11.8 Å². The van der Waals surface area contributed by atoms with Crippen molar-refractivity contribution >= 4 is 17.7 Å². The van der Waals surface area contributed by atoms with Crippen molar-refractivity contribution in [3.05, 3.63) is 35.9 Å². The van der Waals surface area contributed by atoms with Gasteiger partial charge in [-0.25, -0.2) is 0 Å². The van der Waals surface area contributed by atoms with Crippen LogP contribution < -0.4 is 10.6 Å². The number of benzene rings is 1. The van der Waals surface area contributed by atoms with E-state index in [4.69, 9.17) is 0 Å². The number of hydrogen-bond donors (Lipinski definition) is 2. The van der Waals surface area contributed by atoms with Gasteiger partial charge in [0.25, 0.3) is 5.91 Å². The summed E-state index contributed by atoms with van der Waals surface area (Å²) in [5, 5.41) is 6.01. The van der Waals surface area contributed by atoms with Crippen LogP contribution in [0.1, 0.15) is 69.2 Å². The number of nitrogens with one attached hydrogen (secondary N) is 2. The lowest BCUT2D eigenvalue weighted by Gasteiger charge is -2.37. The van der Waals surface area contributed by atoms with Crippen molar-refractivity contribution in [2.45, 2.75) is 70.9 Å². The molecule has 6 heteroatoms. The van der Waals surface area contributed by atoms with Crippen LogP contribution in [-0.2, 0) is 9.59 Å². The minimum Gasteiger partial charge on any atom is -0.352 e. The van der Waals surface area contributed by atoms with E-state index in [1.165, 1.54) is 0 Å². The van der Waals surface area contributed by atoms with Crippen LogP contribution >= 0.6 is 0 Å². The predicted octanol–water partition coefficient (Wildman–Crippen LogP) is 3.13. The zero-order chi connectivity index (χ0) is 21.5. The third-order valence-electron chi connectivity index (χ3n) is 6.63. The second-order valence-electron chi connectivity index (χ2n) is 8.78. The molecular formula is C24H35N3O3. The van der Waals surface area contributed by atoms with Crippen molar-refractivity contribution < 1.29 is 14.4 Å². The predicted molar refractivity (Wildman–Crippen MR) is 117 cm³/mol. The van der Waals surface area contributed by atoms with Gasteiger partial charge >= 0.3 is 0 Å². The standard InChI is InChI=1S/C24H35N3O3/c1-3-17(2)25-23(29)21(26-22(28)19-9-5-4-6-10-19)18-13-15-27(16-14-18)24(30)20-11-7-8-12-20/h4-6,9-10,17-18,20-21H,3,7-8,11-16H2,1-2H3,(H,25,29)(H,26,28)/t17-,21+/m0/s1. The molecule has 0 spiro atoms. The van der Waals surface area contributed by atoms with Gasteiger partial charge in [0.2, 0.25) is 11.8 Å². The highest BCUT2D eigenvalue weighted by molar-refractivity contribution is 5.97. The molecule has 2 aliphatic rings. The fraction of sp³-hybridized carbons (Fsp3) is 0.625. The molecule has 2 N–H and O–H groups in total. The Morgan fingerprint density at radius 1 is 1.00 bits per heavy atom. The maximum Gasteiger partial charge on any atom is 0.251 e. The summed E-state index contributed by atoms with van der Waals surface area (Å²) in [5.74, 6) is 0.122. The lowest BCUT2D eigenvalue weighted by atomic mass is 9.87. The largest absolute Gasteiger partial charge is 0.352 e. The zero-order valence-corrected chi connectivity index (χ0v) is 18.2.